The third-order valence-corrected chi connectivity index (χ3v) is 4.22. The van der Waals surface area contributed by atoms with Gasteiger partial charge in [-0.25, -0.2) is 0 Å². The van der Waals surface area contributed by atoms with Gasteiger partial charge in [0.25, 0.3) is 0 Å². The number of carboxylic acid groups (broad SMARTS) is 1. The van der Waals surface area contributed by atoms with Crippen LogP contribution in [0.25, 0.3) is 0 Å². The lowest BCUT2D eigenvalue weighted by Gasteiger charge is -2.15. The number of aliphatic carboxylic acids is 1. The quantitative estimate of drug-likeness (QED) is 0.564. The van der Waals surface area contributed by atoms with E-state index in [1.807, 2.05) is 30.3 Å². The molecule has 158 valence electrons. The number of hydrogen-bond acceptors (Lipinski definition) is 6. The number of nitrogens with two attached hydrogens (primary N) is 3. The molecule has 0 amide bonds. The standard InChI is InChI=1S/C13H10O2.C6H13N.C3H8N2O2/c14-10-11-6-8-13(9-7-11)15-12-4-2-1-3-5-12;7-6-4-2-1-3-5-6;4-1-2(5)3(6)7/h1-10H;6H,1-5,7H2;2H,1,4-5H2,(H,6,7)/t;;2-/m..0/s1. The zero-order valence-corrected chi connectivity index (χ0v) is 16.6. The maximum atomic E-state index is 10.4. The molecule has 7 nitrogen and oxygen atoms in total. The van der Waals surface area contributed by atoms with Gasteiger partial charge in [0.05, 0.1) is 0 Å². The number of benzene rings is 2. The third-order valence-electron chi connectivity index (χ3n) is 4.22. The first kappa shape index (κ1) is 24.3. The minimum absolute atomic E-state index is 0.00463. The minimum Gasteiger partial charge on any atom is -0.480 e. The number of aldehydes is 1. The third kappa shape index (κ3) is 11.0. The summed E-state index contributed by atoms with van der Waals surface area (Å²) in [7, 11) is 0. The molecule has 3 rings (SSSR count). The molecule has 1 atom stereocenters. The van der Waals surface area contributed by atoms with Crippen LogP contribution in [0.1, 0.15) is 42.5 Å². The predicted molar refractivity (Wildman–Crippen MR) is 114 cm³/mol. The van der Waals surface area contributed by atoms with Crippen LogP contribution in [0.2, 0.25) is 0 Å². The normalized spacial score (nSPS) is 14.3. The Labute approximate surface area is 171 Å². The van der Waals surface area contributed by atoms with Crippen LogP contribution in [-0.2, 0) is 4.79 Å². The van der Waals surface area contributed by atoms with Crippen molar-refractivity contribution in [2.45, 2.75) is 44.2 Å². The van der Waals surface area contributed by atoms with Crippen LogP contribution < -0.4 is 21.9 Å². The van der Waals surface area contributed by atoms with Crippen LogP contribution in [0, 0.1) is 0 Å². The Balaban J connectivity index is 0.000000251. The van der Waals surface area contributed by atoms with E-state index in [2.05, 4.69) is 0 Å². The van der Waals surface area contributed by atoms with Crippen LogP contribution in [0.5, 0.6) is 11.5 Å². The van der Waals surface area contributed by atoms with Crippen molar-refractivity contribution < 1.29 is 19.4 Å². The number of carbonyl (C=O) groups excluding carboxylic acids is 1. The van der Waals surface area contributed by atoms with Crippen LogP contribution in [0.15, 0.2) is 54.6 Å². The maximum Gasteiger partial charge on any atom is 0.321 e. The van der Waals surface area contributed by atoms with E-state index in [0.717, 1.165) is 17.8 Å². The van der Waals surface area contributed by atoms with Crippen molar-refractivity contribution >= 4 is 12.3 Å². The van der Waals surface area contributed by atoms with E-state index in [-0.39, 0.29) is 6.54 Å². The summed E-state index contributed by atoms with van der Waals surface area (Å²) in [5.74, 6) is 0.464. The first-order valence-electron chi connectivity index (χ1n) is 9.68. The lowest BCUT2D eigenvalue weighted by Crippen LogP contribution is -2.37. The lowest BCUT2D eigenvalue weighted by molar-refractivity contribution is -0.138. The van der Waals surface area contributed by atoms with E-state index < -0.39 is 12.0 Å². The molecule has 1 fully saturated rings. The molecule has 0 aromatic heterocycles. The van der Waals surface area contributed by atoms with Crippen molar-refractivity contribution in [3.05, 3.63) is 60.2 Å². The van der Waals surface area contributed by atoms with E-state index in [0.29, 0.717) is 11.6 Å². The summed E-state index contributed by atoms with van der Waals surface area (Å²) < 4.78 is 5.56. The van der Waals surface area contributed by atoms with Gasteiger partial charge in [-0.2, -0.15) is 0 Å². The van der Waals surface area contributed by atoms with Gasteiger partial charge in [-0.3, -0.25) is 9.59 Å². The molecular weight excluding hydrogens is 370 g/mol. The Morgan fingerprint density at radius 2 is 1.59 bits per heavy atom. The zero-order valence-electron chi connectivity index (χ0n) is 16.6. The van der Waals surface area contributed by atoms with Gasteiger partial charge in [0.15, 0.2) is 0 Å². The highest BCUT2D eigenvalue weighted by molar-refractivity contribution is 5.74. The highest BCUT2D eigenvalue weighted by Gasteiger charge is 2.06. The first-order chi connectivity index (χ1) is 14.0. The fraction of sp³-hybridized carbons (Fsp3) is 0.364. The maximum absolute atomic E-state index is 10.4. The summed E-state index contributed by atoms with van der Waals surface area (Å²) in [4.78, 5) is 20.2. The summed E-state index contributed by atoms with van der Waals surface area (Å²) >= 11 is 0. The van der Waals surface area contributed by atoms with Gasteiger partial charge in [0.1, 0.15) is 23.8 Å². The first-order valence-corrected chi connectivity index (χ1v) is 9.68. The highest BCUT2D eigenvalue weighted by atomic mass is 16.5. The molecule has 29 heavy (non-hydrogen) atoms. The molecule has 0 aliphatic heterocycles. The largest absolute Gasteiger partial charge is 0.480 e. The van der Waals surface area contributed by atoms with E-state index in [9.17, 15) is 9.59 Å². The Morgan fingerprint density at radius 3 is 1.97 bits per heavy atom. The topological polar surface area (TPSA) is 142 Å². The van der Waals surface area contributed by atoms with Gasteiger partial charge in [0.2, 0.25) is 0 Å². The molecule has 0 radical (unpaired) electrons. The van der Waals surface area contributed by atoms with Gasteiger partial charge in [0, 0.05) is 18.2 Å². The Hall–Kier alpha value is -2.74. The molecule has 0 saturated heterocycles. The molecule has 2 aromatic rings. The van der Waals surface area contributed by atoms with Crippen molar-refractivity contribution in [3.63, 3.8) is 0 Å². The molecule has 7 N–H and O–H groups in total. The summed E-state index contributed by atoms with van der Waals surface area (Å²) in [6.07, 6.45) is 7.47. The molecule has 0 bridgehead atoms. The van der Waals surface area contributed by atoms with Gasteiger partial charge in [-0.05, 0) is 49.2 Å². The molecule has 1 aliphatic rings. The lowest BCUT2D eigenvalue weighted by atomic mass is 9.97. The zero-order chi connectivity index (χ0) is 21.5. The van der Waals surface area contributed by atoms with E-state index in [1.165, 1.54) is 32.1 Å². The van der Waals surface area contributed by atoms with E-state index in [4.69, 9.17) is 27.0 Å². The Kier molecular flexibility index (Phi) is 12.0. The number of ether oxygens (including phenoxy) is 1. The number of rotatable bonds is 5. The minimum atomic E-state index is -1.05. The second kappa shape index (κ2) is 14.3. The second-order valence-corrected chi connectivity index (χ2v) is 6.68. The number of carbonyl (C=O) groups is 2. The molecule has 0 unspecified atom stereocenters. The van der Waals surface area contributed by atoms with Gasteiger partial charge >= 0.3 is 5.97 Å². The molecule has 1 saturated carbocycles. The average Bonchev–Trinajstić information content (AvgIpc) is 2.76. The smallest absolute Gasteiger partial charge is 0.321 e. The van der Waals surface area contributed by atoms with Gasteiger partial charge < -0.3 is 27.0 Å². The monoisotopic (exact) mass is 401 g/mol. The summed E-state index contributed by atoms with van der Waals surface area (Å²) in [6.45, 7) is -0.00463. The van der Waals surface area contributed by atoms with Crippen LogP contribution in [0.3, 0.4) is 0 Å². The molecule has 7 heteroatoms. The Bertz CT molecular complexity index is 702. The summed E-state index contributed by atoms with van der Waals surface area (Å²) in [5.41, 5.74) is 16.0. The van der Waals surface area contributed by atoms with E-state index in [1.54, 1.807) is 24.3 Å². The molecule has 0 spiro atoms. The molecule has 2 aromatic carbocycles. The average molecular weight is 402 g/mol. The van der Waals surface area contributed by atoms with Crippen molar-refractivity contribution in [2.24, 2.45) is 17.2 Å². The van der Waals surface area contributed by atoms with E-state index >= 15 is 0 Å². The highest BCUT2D eigenvalue weighted by Crippen LogP contribution is 2.20. The fourth-order valence-electron chi connectivity index (χ4n) is 2.47. The second-order valence-electron chi connectivity index (χ2n) is 6.68. The van der Waals surface area contributed by atoms with Crippen molar-refractivity contribution in [2.75, 3.05) is 6.54 Å². The SMILES string of the molecule is NC1CCCCC1.NC[C@H](N)C(=O)O.O=Cc1ccc(Oc2ccccc2)cc1. The number of hydrogen-bond donors (Lipinski definition) is 4. The fourth-order valence-corrected chi connectivity index (χ4v) is 2.47. The molecule has 1 aliphatic carbocycles. The summed E-state index contributed by atoms with van der Waals surface area (Å²) in [6, 6.07) is 16.2. The van der Waals surface area contributed by atoms with Crippen molar-refractivity contribution in [1.29, 1.82) is 0 Å². The predicted octanol–water partition coefficient (Wildman–Crippen LogP) is 2.93. The van der Waals surface area contributed by atoms with Crippen molar-refractivity contribution in [1.82, 2.24) is 0 Å². The molecular formula is C22H31N3O4. The van der Waals surface area contributed by atoms with Crippen LogP contribution in [-0.4, -0.2) is 36.0 Å². The van der Waals surface area contributed by atoms with Crippen LogP contribution in [0.4, 0.5) is 0 Å². The van der Waals surface area contributed by atoms with Crippen molar-refractivity contribution in [3.8, 4) is 11.5 Å². The molecule has 0 heterocycles. The van der Waals surface area contributed by atoms with Gasteiger partial charge in [-0.1, -0.05) is 37.5 Å². The number of carboxylic acids is 1. The summed E-state index contributed by atoms with van der Waals surface area (Å²) in [5, 5.41) is 7.98. The number of para-hydroxylation sites is 1. The Morgan fingerprint density at radius 1 is 1.03 bits per heavy atom. The van der Waals surface area contributed by atoms with Gasteiger partial charge in [-0.15, -0.1) is 0 Å². The van der Waals surface area contributed by atoms with Crippen LogP contribution >= 0.6 is 0 Å².